The average Bonchev–Trinajstić information content (AvgIpc) is 3.19. The van der Waals surface area contributed by atoms with Gasteiger partial charge in [-0.1, -0.05) is 18.2 Å². The Hall–Kier alpha value is -0.730. The van der Waals surface area contributed by atoms with Crippen LogP contribution in [0.15, 0.2) is 30.3 Å². The van der Waals surface area contributed by atoms with Gasteiger partial charge in [0.2, 0.25) is 0 Å². The van der Waals surface area contributed by atoms with E-state index < -0.39 is 0 Å². The van der Waals surface area contributed by atoms with E-state index in [0.717, 1.165) is 43.8 Å². The highest BCUT2D eigenvalue weighted by atomic mass is 35.5. The molecule has 1 aliphatic rings. The maximum Gasteiger partial charge on any atom is 0.119 e. The molecule has 1 aromatic carbocycles. The molecule has 94 valence electrons. The van der Waals surface area contributed by atoms with E-state index in [4.69, 9.17) is 16.3 Å². The van der Waals surface area contributed by atoms with E-state index in [1.807, 2.05) is 30.3 Å². The van der Waals surface area contributed by atoms with Crippen LogP contribution in [0.2, 0.25) is 0 Å². The van der Waals surface area contributed by atoms with E-state index in [1.165, 1.54) is 12.8 Å². The molecular formula is C14H20ClNO. The molecule has 0 amide bonds. The van der Waals surface area contributed by atoms with Crippen LogP contribution in [-0.2, 0) is 0 Å². The van der Waals surface area contributed by atoms with E-state index in [9.17, 15) is 0 Å². The fraction of sp³-hybridized carbons (Fsp3) is 0.571. The summed E-state index contributed by atoms with van der Waals surface area (Å²) in [4.78, 5) is 2.49. The van der Waals surface area contributed by atoms with E-state index >= 15 is 0 Å². The van der Waals surface area contributed by atoms with Crippen LogP contribution >= 0.6 is 11.6 Å². The maximum atomic E-state index is 5.80. The quantitative estimate of drug-likeness (QED) is 0.521. The normalized spacial score (nSPS) is 15.2. The molecule has 0 aromatic heterocycles. The Morgan fingerprint density at radius 2 is 1.94 bits per heavy atom. The summed E-state index contributed by atoms with van der Waals surface area (Å²) in [6.07, 6.45) is 3.76. The van der Waals surface area contributed by atoms with Gasteiger partial charge in [0, 0.05) is 25.0 Å². The van der Waals surface area contributed by atoms with Crippen LogP contribution in [0.5, 0.6) is 5.75 Å². The van der Waals surface area contributed by atoms with Gasteiger partial charge in [-0.25, -0.2) is 0 Å². The second-order valence-corrected chi connectivity index (χ2v) is 4.85. The molecule has 2 rings (SSSR count). The van der Waals surface area contributed by atoms with Crippen molar-refractivity contribution in [2.24, 2.45) is 0 Å². The molecule has 0 spiro atoms. The molecule has 2 nitrogen and oxygen atoms in total. The zero-order valence-corrected chi connectivity index (χ0v) is 10.9. The van der Waals surface area contributed by atoms with Crippen molar-refractivity contribution < 1.29 is 4.74 Å². The van der Waals surface area contributed by atoms with Gasteiger partial charge in [-0.15, -0.1) is 11.6 Å². The molecule has 1 aliphatic carbocycles. The van der Waals surface area contributed by atoms with Gasteiger partial charge in [0.25, 0.3) is 0 Å². The van der Waals surface area contributed by atoms with Crippen LogP contribution in [0.4, 0.5) is 0 Å². The number of halogens is 1. The summed E-state index contributed by atoms with van der Waals surface area (Å²) in [7, 11) is 0. The third-order valence-electron chi connectivity index (χ3n) is 3.04. The topological polar surface area (TPSA) is 12.5 Å². The minimum atomic E-state index is 0.732. The van der Waals surface area contributed by atoms with E-state index in [-0.39, 0.29) is 0 Å². The smallest absolute Gasteiger partial charge is 0.119 e. The predicted octanol–water partition coefficient (Wildman–Crippen LogP) is 3.16. The zero-order chi connectivity index (χ0) is 11.9. The SMILES string of the molecule is ClCCN(CCCOc1ccccc1)C1CC1. The molecule has 17 heavy (non-hydrogen) atoms. The number of benzene rings is 1. The summed E-state index contributed by atoms with van der Waals surface area (Å²) in [5.41, 5.74) is 0. The second-order valence-electron chi connectivity index (χ2n) is 4.47. The molecule has 0 bridgehead atoms. The molecule has 0 aliphatic heterocycles. The van der Waals surface area contributed by atoms with Gasteiger partial charge in [-0.3, -0.25) is 4.90 Å². The maximum absolute atomic E-state index is 5.80. The molecule has 0 atom stereocenters. The number of para-hydroxylation sites is 1. The van der Waals surface area contributed by atoms with Crippen molar-refractivity contribution in [1.29, 1.82) is 0 Å². The van der Waals surface area contributed by atoms with E-state index in [2.05, 4.69) is 4.90 Å². The molecule has 1 fully saturated rings. The average molecular weight is 254 g/mol. The van der Waals surface area contributed by atoms with Crippen molar-refractivity contribution in [3.63, 3.8) is 0 Å². The molecular weight excluding hydrogens is 234 g/mol. The van der Waals surface area contributed by atoms with Gasteiger partial charge in [-0.2, -0.15) is 0 Å². The predicted molar refractivity (Wildman–Crippen MR) is 71.9 cm³/mol. The number of hydrogen-bond donors (Lipinski definition) is 0. The lowest BCUT2D eigenvalue weighted by atomic mass is 10.3. The van der Waals surface area contributed by atoms with Crippen molar-refractivity contribution >= 4 is 11.6 Å². The standard InChI is InChI=1S/C14H20ClNO/c15-9-11-16(13-7-8-13)10-4-12-17-14-5-2-1-3-6-14/h1-3,5-6,13H,4,7-12H2. The molecule has 0 radical (unpaired) electrons. The summed E-state index contributed by atoms with van der Waals surface area (Å²) in [6.45, 7) is 2.90. The van der Waals surface area contributed by atoms with Gasteiger partial charge in [0.1, 0.15) is 5.75 Å². The summed E-state index contributed by atoms with van der Waals surface area (Å²) < 4.78 is 5.68. The fourth-order valence-corrected chi connectivity index (χ4v) is 2.22. The van der Waals surface area contributed by atoms with Crippen molar-refractivity contribution in [3.05, 3.63) is 30.3 Å². The lowest BCUT2D eigenvalue weighted by molar-refractivity contribution is 0.236. The van der Waals surface area contributed by atoms with Crippen LogP contribution in [0.25, 0.3) is 0 Å². The van der Waals surface area contributed by atoms with Gasteiger partial charge >= 0.3 is 0 Å². The van der Waals surface area contributed by atoms with E-state index in [1.54, 1.807) is 0 Å². The lowest BCUT2D eigenvalue weighted by Crippen LogP contribution is -2.30. The molecule has 0 N–H and O–H groups in total. The monoisotopic (exact) mass is 253 g/mol. The van der Waals surface area contributed by atoms with Crippen molar-refractivity contribution in [1.82, 2.24) is 4.90 Å². The van der Waals surface area contributed by atoms with Crippen LogP contribution in [-0.4, -0.2) is 36.5 Å². The number of rotatable bonds is 8. The van der Waals surface area contributed by atoms with Gasteiger partial charge in [0.05, 0.1) is 6.61 Å². The third-order valence-corrected chi connectivity index (χ3v) is 3.21. The van der Waals surface area contributed by atoms with Crippen molar-refractivity contribution in [2.45, 2.75) is 25.3 Å². The lowest BCUT2D eigenvalue weighted by Gasteiger charge is -2.20. The first-order valence-electron chi connectivity index (χ1n) is 6.38. The molecule has 3 heteroatoms. The first-order valence-corrected chi connectivity index (χ1v) is 6.91. The first kappa shape index (κ1) is 12.7. The number of ether oxygens (including phenoxy) is 1. The van der Waals surface area contributed by atoms with Crippen molar-refractivity contribution in [2.75, 3.05) is 25.6 Å². The Labute approximate surface area is 109 Å². The molecule has 0 saturated heterocycles. The Morgan fingerprint density at radius 1 is 1.18 bits per heavy atom. The number of alkyl halides is 1. The fourth-order valence-electron chi connectivity index (χ4n) is 2.00. The Kier molecular flexibility index (Phi) is 5.14. The van der Waals surface area contributed by atoms with Crippen LogP contribution in [0.1, 0.15) is 19.3 Å². The summed E-state index contributed by atoms with van der Waals surface area (Å²) in [5, 5.41) is 0. The van der Waals surface area contributed by atoms with Crippen LogP contribution in [0.3, 0.4) is 0 Å². The molecule has 1 saturated carbocycles. The molecule has 0 heterocycles. The van der Waals surface area contributed by atoms with Crippen LogP contribution in [0, 0.1) is 0 Å². The summed E-state index contributed by atoms with van der Waals surface area (Å²) >= 11 is 5.80. The van der Waals surface area contributed by atoms with Gasteiger partial charge in [-0.05, 0) is 31.4 Å². The summed E-state index contributed by atoms with van der Waals surface area (Å²) in [5.74, 6) is 1.69. The largest absolute Gasteiger partial charge is 0.494 e. The first-order chi connectivity index (χ1) is 8.40. The Balaban J connectivity index is 1.61. The number of hydrogen-bond acceptors (Lipinski definition) is 2. The third kappa shape index (κ3) is 4.57. The highest BCUT2D eigenvalue weighted by Gasteiger charge is 2.27. The molecule has 1 aromatic rings. The minimum absolute atomic E-state index is 0.732. The van der Waals surface area contributed by atoms with Gasteiger partial charge in [0.15, 0.2) is 0 Å². The highest BCUT2D eigenvalue weighted by Crippen LogP contribution is 2.26. The Morgan fingerprint density at radius 3 is 2.59 bits per heavy atom. The molecule has 0 unspecified atom stereocenters. The van der Waals surface area contributed by atoms with Gasteiger partial charge < -0.3 is 4.74 Å². The van der Waals surface area contributed by atoms with Crippen LogP contribution < -0.4 is 4.74 Å². The Bertz CT molecular complexity index is 313. The number of nitrogens with zero attached hydrogens (tertiary/aromatic N) is 1. The summed E-state index contributed by atoms with van der Waals surface area (Å²) in [6, 6.07) is 10.8. The second kappa shape index (κ2) is 6.87. The van der Waals surface area contributed by atoms with Crippen molar-refractivity contribution in [3.8, 4) is 5.75 Å². The van der Waals surface area contributed by atoms with E-state index in [0.29, 0.717) is 0 Å². The minimum Gasteiger partial charge on any atom is -0.494 e. The highest BCUT2D eigenvalue weighted by molar-refractivity contribution is 6.18. The zero-order valence-electron chi connectivity index (χ0n) is 10.1.